The molecule has 13 heavy (non-hydrogen) atoms. The Balaban J connectivity index is 3.24. The monoisotopic (exact) mass is 226 g/mol. The van der Waals surface area contributed by atoms with Gasteiger partial charge >= 0.3 is 6.18 Å². The van der Waals surface area contributed by atoms with Crippen molar-refractivity contribution < 1.29 is 13.2 Å². The highest BCUT2D eigenvalue weighted by atomic mass is 35.5. The van der Waals surface area contributed by atoms with E-state index in [1.54, 1.807) is 0 Å². The SMILES string of the molecule is FC(F)(F)c1cc(Cl)ccc1CS. The van der Waals surface area contributed by atoms with E-state index in [2.05, 4.69) is 12.6 Å². The molecule has 0 saturated carbocycles. The number of rotatable bonds is 1. The van der Waals surface area contributed by atoms with Crippen molar-refractivity contribution in [3.8, 4) is 0 Å². The third kappa shape index (κ3) is 2.54. The fourth-order valence-electron chi connectivity index (χ4n) is 0.950. The molecule has 0 amide bonds. The van der Waals surface area contributed by atoms with E-state index in [9.17, 15) is 13.2 Å². The van der Waals surface area contributed by atoms with Gasteiger partial charge in [0, 0.05) is 10.8 Å². The van der Waals surface area contributed by atoms with Crippen LogP contribution in [0, 0.1) is 0 Å². The van der Waals surface area contributed by atoms with Crippen molar-refractivity contribution in [1.29, 1.82) is 0 Å². The normalized spacial score (nSPS) is 11.8. The molecule has 0 radical (unpaired) electrons. The first kappa shape index (κ1) is 10.7. The van der Waals surface area contributed by atoms with Gasteiger partial charge in [0.15, 0.2) is 0 Å². The Morgan fingerprint density at radius 1 is 1.31 bits per heavy atom. The van der Waals surface area contributed by atoms with E-state index in [-0.39, 0.29) is 16.3 Å². The summed E-state index contributed by atoms with van der Waals surface area (Å²) >= 11 is 9.26. The second-order valence-electron chi connectivity index (χ2n) is 2.46. The molecule has 0 N–H and O–H groups in total. The molecular formula is C8H6ClF3S. The number of hydrogen-bond donors (Lipinski definition) is 1. The summed E-state index contributed by atoms with van der Waals surface area (Å²) < 4.78 is 37.0. The lowest BCUT2D eigenvalue weighted by molar-refractivity contribution is -0.138. The van der Waals surface area contributed by atoms with Crippen LogP contribution in [0.15, 0.2) is 18.2 Å². The fraction of sp³-hybridized carbons (Fsp3) is 0.250. The first-order valence-corrected chi connectivity index (χ1v) is 4.42. The van der Waals surface area contributed by atoms with Crippen LogP contribution in [0.2, 0.25) is 5.02 Å². The van der Waals surface area contributed by atoms with Crippen molar-refractivity contribution in [3.05, 3.63) is 34.3 Å². The average Bonchev–Trinajstić information content (AvgIpc) is 2.03. The Morgan fingerprint density at radius 2 is 1.92 bits per heavy atom. The van der Waals surface area contributed by atoms with Gasteiger partial charge in [0.05, 0.1) is 5.56 Å². The third-order valence-electron chi connectivity index (χ3n) is 1.55. The Kier molecular flexibility index (Phi) is 3.14. The molecule has 0 nitrogen and oxygen atoms in total. The van der Waals surface area contributed by atoms with Crippen molar-refractivity contribution in [1.82, 2.24) is 0 Å². The number of thiol groups is 1. The van der Waals surface area contributed by atoms with Crippen molar-refractivity contribution in [2.45, 2.75) is 11.9 Å². The molecule has 0 atom stereocenters. The number of hydrogen-bond acceptors (Lipinski definition) is 1. The summed E-state index contributed by atoms with van der Waals surface area (Å²) in [6, 6.07) is 3.66. The van der Waals surface area contributed by atoms with Gasteiger partial charge in [0.25, 0.3) is 0 Å². The molecular weight excluding hydrogens is 221 g/mol. The van der Waals surface area contributed by atoms with Crippen LogP contribution in [-0.4, -0.2) is 0 Å². The molecule has 1 aromatic rings. The van der Waals surface area contributed by atoms with Gasteiger partial charge in [-0.3, -0.25) is 0 Å². The first-order valence-electron chi connectivity index (χ1n) is 3.41. The zero-order chi connectivity index (χ0) is 10.1. The van der Waals surface area contributed by atoms with Crippen molar-refractivity contribution in [2.24, 2.45) is 0 Å². The minimum atomic E-state index is -4.36. The van der Waals surface area contributed by atoms with E-state index in [0.29, 0.717) is 0 Å². The van der Waals surface area contributed by atoms with E-state index >= 15 is 0 Å². The van der Waals surface area contributed by atoms with Crippen LogP contribution in [0.4, 0.5) is 13.2 Å². The van der Waals surface area contributed by atoms with Crippen LogP contribution in [0.1, 0.15) is 11.1 Å². The summed E-state index contributed by atoms with van der Waals surface area (Å²) in [4.78, 5) is 0. The highest BCUT2D eigenvalue weighted by Gasteiger charge is 2.32. The smallest absolute Gasteiger partial charge is 0.175 e. The predicted molar refractivity (Wildman–Crippen MR) is 49.1 cm³/mol. The first-order chi connectivity index (χ1) is 5.95. The highest BCUT2D eigenvalue weighted by molar-refractivity contribution is 7.79. The fourth-order valence-corrected chi connectivity index (χ4v) is 1.40. The zero-order valence-corrected chi connectivity index (χ0v) is 8.05. The van der Waals surface area contributed by atoms with Gasteiger partial charge in [-0.05, 0) is 17.7 Å². The molecule has 72 valence electrons. The Hall–Kier alpha value is -0.350. The van der Waals surface area contributed by atoms with Gasteiger partial charge in [-0.15, -0.1) is 0 Å². The molecule has 1 rings (SSSR count). The molecule has 0 aliphatic rings. The second-order valence-corrected chi connectivity index (χ2v) is 3.21. The standard InChI is InChI=1S/C8H6ClF3S/c9-6-2-1-5(4-13)7(3-6)8(10,11)12/h1-3,13H,4H2. The number of benzene rings is 1. The maximum atomic E-state index is 12.3. The molecule has 0 unspecified atom stereocenters. The van der Waals surface area contributed by atoms with Crippen molar-refractivity contribution in [3.63, 3.8) is 0 Å². The van der Waals surface area contributed by atoms with Crippen LogP contribution in [-0.2, 0) is 11.9 Å². The van der Waals surface area contributed by atoms with Gasteiger partial charge < -0.3 is 0 Å². The Labute approximate surface area is 84.1 Å². The summed E-state index contributed by atoms with van der Waals surface area (Å²) in [5, 5.41) is 0.0814. The van der Waals surface area contributed by atoms with Crippen LogP contribution in [0.5, 0.6) is 0 Å². The van der Waals surface area contributed by atoms with Gasteiger partial charge in [-0.25, -0.2) is 0 Å². The molecule has 0 heterocycles. The van der Waals surface area contributed by atoms with Gasteiger partial charge in [-0.2, -0.15) is 25.8 Å². The Bertz CT molecular complexity index is 309. The number of alkyl halides is 3. The van der Waals surface area contributed by atoms with E-state index in [1.807, 2.05) is 0 Å². The maximum Gasteiger partial charge on any atom is 0.416 e. The molecule has 0 spiro atoms. The average molecular weight is 227 g/mol. The molecule has 0 aliphatic carbocycles. The van der Waals surface area contributed by atoms with Crippen molar-refractivity contribution >= 4 is 24.2 Å². The summed E-state index contributed by atoms with van der Waals surface area (Å²) in [6.45, 7) is 0. The van der Waals surface area contributed by atoms with Crippen LogP contribution in [0.3, 0.4) is 0 Å². The van der Waals surface area contributed by atoms with E-state index in [4.69, 9.17) is 11.6 Å². The summed E-state index contributed by atoms with van der Waals surface area (Å²) in [5.41, 5.74) is -0.574. The molecule has 0 bridgehead atoms. The van der Waals surface area contributed by atoms with Crippen LogP contribution >= 0.6 is 24.2 Å². The minimum absolute atomic E-state index is 0.0476. The molecule has 0 fully saturated rings. The van der Waals surface area contributed by atoms with Gasteiger partial charge in [0.2, 0.25) is 0 Å². The predicted octanol–water partition coefficient (Wildman–Crippen LogP) is 3.79. The third-order valence-corrected chi connectivity index (χ3v) is 2.12. The lowest BCUT2D eigenvalue weighted by atomic mass is 10.1. The number of halogens is 4. The van der Waals surface area contributed by atoms with E-state index < -0.39 is 11.7 Å². The van der Waals surface area contributed by atoms with Crippen LogP contribution in [0.25, 0.3) is 0 Å². The molecule has 5 heteroatoms. The highest BCUT2D eigenvalue weighted by Crippen LogP contribution is 2.34. The van der Waals surface area contributed by atoms with Gasteiger partial charge in [0.1, 0.15) is 0 Å². The minimum Gasteiger partial charge on any atom is -0.175 e. The van der Waals surface area contributed by atoms with E-state index in [0.717, 1.165) is 6.07 Å². The molecule has 0 saturated heterocycles. The molecule has 0 aliphatic heterocycles. The molecule has 1 aromatic carbocycles. The van der Waals surface area contributed by atoms with Crippen molar-refractivity contribution in [2.75, 3.05) is 0 Å². The molecule has 0 aromatic heterocycles. The van der Waals surface area contributed by atoms with E-state index in [1.165, 1.54) is 12.1 Å². The zero-order valence-electron chi connectivity index (χ0n) is 6.40. The second kappa shape index (κ2) is 3.80. The lowest BCUT2D eigenvalue weighted by Crippen LogP contribution is -2.08. The topological polar surface area (TPSA) is 0 Å². The maximum absolute atomic E-state index is 12.3. The van der Waals surface area contributed by atoms with Crippen LogP contribution < -0.4 is 0 Å². The van der Waals surface area contributed by atoms with Gasteiger partial charge in [-0.1, -0.05) is 17.7 Å². The summed E-state index contributed by atoms with van der Waals surface area (Å²) in [7, 11) is 0. The quantitative estimate of drug-likeness (QED) is 0.692. The summed E-state index contributed by atoms with van der Waals surface area (Å²) in [6.07, 6.45) is -4.36. The Morgan fingerprint density at radius 3 is 2.38 bits per heavy atom. The summed E-state index contributed by atoms with van der Waals surface area (Å²) in [5.74, 6) is 0.0476. The largest absolute Gasteiger partial charge is 0.416 e. The lowest BCUT2D eigenvalue weighted by Gasteiger charge is -2.11.